The predicted molar refractivity (Wildman–Crippen MR) is 197 cm³/mol. The second kappa shape index (κ2) is 9.25. The minimum Gasteiger partial charge on any atom is -0.456 e. The summed E-state index contributed by atoms with van der Waals surface area (Å²) in [6.45, 7) is 0. The van der Waals surface area contributed by atoms with Crippen molar-refractivity contribution in [1.82, 2.24) is 14.5 Å². The molecule has 47 heavy (non-hydrogen) atoms. The Morgan fingerprint density at radius 3 is 2.11 bits per heavy atom. The molecule has 4 nitrogen and oxygen atoms in total. The van der Waals surface area contributed by atoms with Gasteiger partial charge in [0.15, 0.2) is 11.6 Å². The molecule has 218 valence electrons. The molecule has 0 bridgehead atoms. The molecule has 0 amide bonds. The Balaban J connectivity index is 1.31. The van der Waals surface area contributed by atoms with Crippen LogP contribution < -0.4 is 0 Å². The van der Waals surface area contributed by atoms with E-state index in [0.717, 1.165) is 54.6 Å². The molecule has 0 unspecified atom stereocenters. The number of thiophene rings is 1. The maximum atomic E-state index is 6.16. The van der Waals surface area contributed by atoms with E-state index in [9.17, 15) is 0 Å². The largest absolute Gasteiger partial charge is 0.456 e. The fraction of sp³-hybridized carbons (Fsp3) is 0. The van der Waals surface area contributed by atoms with Crippen molar-refractivity contribution in [2.45, 2.75) is 0 Å². The predicted octanol–water partition coefficient (Wildman–Crippen LogP) is 11.8. The smallest absolute Gasteiger partial charge is 0.163 e. The summed E-state index contributed by atoms with van der Waals surface area (Å²) in [5, 5.41) is 11.7. The van der Waals surface area contributed by atoms with Crippen LogP contribution in [0.25, 0.3) is 103 Å². The molecule has 0 saturated carbocycles. The lowest BCUT2D eigenvalue weighted by Gasteiger charge is -2.12. The zero-order chi connectivity index (χ0) is 30.6. The van der Waals surface area contributed by atoms with Crippen LogP contribution in [0.1, 0.15) is 0 Å². The van der Waals surface area contributed by atoms with Gasteiger partial charge in [-0.15, -0.1) is 11.3 Å². The molecule has 0 aliphatic heterocycles. The number of benzene rings is 7. The van der Waals surface area contributed by atoms with Gasteiger partial charge < -0.3 is 4.42 Å². The molecule has 0 aliphatic carbocycles. The van der Waals surface area contributed by atoms with Gasteiger partial charge in [-0.3, -0.25) is 4.57 Å². The highest BCUT2D eigenvalue weighted by atomic mass is 32.1. The van der Waals surface area contributed by atoms with E-state index in [-0.39, 0.29) is 0 Å². The van der Waals surface area contributed by atoms with Crippen LogP contribution in [-0.2, 0) is 0 Å². The van der Waals surface area contributed by atoms with Gasteiger partial charge in [0.1, 0.15) is 16.0 Å². The summed E-state index contributed by atoms with van der Waals surface area (Å²) < 4.78 is 9.73. The van der Waals surface area contributed by atoms with E-state index in [2.05, 4.69) is 126 Å². The van der Waals surface area contributed by atoms with Crippen LogP contribution in [0, 0.1) is 0 Å². The van der Waals surface area contributed by atoms with Crippen LogP contribution in [0.15, 0.2) is 144 Å². The van der Waals surface area contributed by atoms with E-state index in [1.165, 1.54) is 42.4 Å². The highest BCUT2D eigenvalue weighted by Gasteiger charge is 2.22. The SMILES string of the molecule is c1ccc2cc3c(cc2c1)c1c2ccccc2ccc1n3-c1nc(-c2ccc3oc4ccccc4c3c2)nc2sc3ccccc3c12. The van der Waals surface area contributed by atoms with Crippen molar-refractivity contribution in [3.63, 3.8) is 0 Å². The topological polar surface area (TPSA) is 43.9 Å². The molecule has 0 spiro atoms. The Morgan fingerprint density at radius 1 is 0.489 bits per heavy atom. The van der Waals surface area contributed by atoms with Gasteiger partial charge in [0.25, 0.3) is 0 Å². The first-order chi connectivity index (χ1) is 23.3. The molecule has 0 N–H and O–H groups in total. The molecule has 5 heteroatoms. The van der Waals surface area contributed by atoms with Crippen LogP contribution in [0.3, 0.4) is 0 Å². The fourth-order valence-corrected chi connectivity index (χ4v) is 8.53. The molecular weight excluding hydrogens is 595 g/mol. The van der Waals surface area contributed by atoms with Crippen molar-refractivity contribution < 1.29 is 4.42 Å². The number of nitrogens with zero attached hydrogens (tertiary/aromatic N) is 3. The molecule has 4 aromatic heterocycles. The van der Waals surface area contributed by atoms with Crippen molar-refractivity contribution in [1.29, 1.82) is 0 Å². The summed E-state index contributed by atoms with van der Waals surface area (Å²) in [5.74, 6) is 1.59. The van der Waals surface area contributed by atoms with Gasteiger partial charge in [0, 0.05) is 37.2 Å². The second-order valence-electron chi connectivity index (χ2n) is 12.2. The third-order valence-electron chi connectivity index (χ3n) is 9.59. The van der Waals surface area contributed by atoms with E-state index in [0.29, 0.717) is 5.82 Å². The molecule has 0 atom stereocenters. The summed E-state index contributed by atoms with van der Waals surface area (Å²) in [6.07, 6.45) is 0. The Bertz CT molecular complexity index is 3090. The Hall–Kier alpha value is -6.04. The molecule has 4 heterocycles. The van der Waals surface area contributed by atoms with Crippen LogP contribution >= 0.6 is 11.3 Å². The highest BCUT2D eigenvalue weighted by molar-refractivity contribution is 7.25. The lowest BCUT2D eigenvalue weighted by atomic mass is 10.0. The average molecular weight is 618 g/mol. The van der Waals surface area contributed by atoms with Crippen LogP contribution in [0.2, 0.25) is 0 Å². The van der Waals surface area contributed by atoms with Gasteiger partial charge in [-0.05, 0) is 70.1 Å². The monoisotopic (exact) mass is 617 g/mol. The molecule has 0 aliphatic rings. The standard InChI is InChI=1S/C42H23N3OS/c1-2-11-26-23-34-32(21-25(26)10-1)38-28-12-4-3-9-24(28)17-19-33(38)45(34)41-39-30-14-6-8-16-37(30)47-42(39)44-40(43-41)27-18-20-36-31(22-27)29-13-5-7-15-35(29)46-36/h1-23H. The van der Waals surface area contributed by atoms with E-state index in [1.807, 2.05) is 18.2 Å². The molecule has 11 aromatic rings. The zero-order valence-corrected chi connectivity index (χ0v) is 25.8. The van der Waals surface area contributed by atoms with Gasteiger partial charge in [-0.2, -0.15) is 0 Å². The number of aromatic nitrogens is 3. The van der Waals surface area contributed by atoms with Crippen molar-refractivity contribution in [3.8, 4) is 17.2 Å². The van der Waals surface area contributed by atoms with E-state index >= 15 is 0 Å². The summed E-state index contributed by atoms with van der Waals surface area (Å²) >= 11 is 1.72. The van der Waals surface area contributed by atoms with Crippen LogP contribution in [0.5, 0.6) is 0 Å². The van der Waals surface area contributed by atoms with Gasteiger partial charge in [0.2, 0.25) is 0 Å². The Morgan fingerprint density at radius 2 is 1.21 bits per heavy atom. The fourth-order valence-electron chi connectivity index (χ4n) is 7.46. The molecular formula is C42H23N3OS. The quantitative estimate of drug-likeness (QED) is 0.194. The number of hydrogen-bond donors (Lipinski definition) is 0. The third kappa shape index (κ3) is 3.52. The van der Waals surface area contributed by atoms with Crippen molar-refractivity contribution in [2.24, 2.45) is 0 Å². The number of para-hydroxylation sites is 1. The number of fused-ring (bicyclic) bond motifs is 12. The van der Waals surface area contributed by atoms with Crippen molar-refractivity contribution >= 4 is 96.9 Å². The van der Waals surface area contributed by atoms with E-state index in [1.54, 1.807) is 11.3 Å². The van der Waals surface area contributed by atoms with Crippen molar-refractivity contribution in [3.05, 3.63) is 140 Å². The minimum atomic E-state index is 0.697. The van der Waals surface area contributed by atoms with E-state index in [4.69, 9.17) is 14.4 Å². The highest BCUT2D eigenvalue weighted by Crippen LogP contribution is 2.43. The first kappa shape index (κ1) is 25.2. The third-order valence-corrected chi connectivity index (χ3v) is 10.7. The number of hydrogen-bond acceptors (Lipinski definition) is 4. The summed E-state index contributed by atoms with van der Waals surface area (Å²) in [6, 6.07) is 49.5. The maximum Gasteiger partial charge on any atom is 0.163 e. The van der Waals surface area contributed by atoms with Gasteiger partial charge in [-0.25, -0.2) is 9.97 Å². The normalized spacial score (nSPS) is 12.3. The summed E-state index contributed by atoms with van der Waals surface area (Å²) in [7, 11) is 0. The average Bonchev–Trinajstić information content (AvgIpc) is 3.79. The lowest BCUT2D eigenvalue weighted by Crippen LogP contribution is -2.02. The Kier molecular flexibility index (Phi) is 4.96. The van der Waals surface area contributed by atoms with Crippen molar-refractivity contribution in [2.75, 3.05) is 0 Å². The maximum absolute atomic E-state index is 6.16. The van der Waals surface area contributed by atoms with Crippen LogP contribution in [0.4, 0.5) is 0 Å². The number of furan rings is 1. The van der Waals surface area contributed by atoms with E-state index < -0.39 is 0 Å². The number of rotatable bonds is 2. The lowest BCUT2D eigenvalue weighted by molar-refractivity contribution is 0.669. The van der Waals surface area contributed by atoms with Gasteiger partial charge >= 0.3 is 0 Å². The molecule has 11 rings (SSSR count). The van der Waals surface area contributed by atoms with Gasteiger partial charge in [0.05, 0.1) is 16.4 Å². The molecule has 0 saturated heterocycles. The summed E-state index contributed by atoms with van der Waals surface area (Å²) in [5.41, 5.74) is 4.96. The molecule has 7 aromatic carbocycles. The molecule has 0 radical (unpaired) electrons. The minimum absolute atomic E-state index is 0.697. The first-order valence-corrected chi connectivity index (χ1v) is 16.6. The van der Waals surface area contributed by atoms with Crippen LogP contribution in [-0.4, -0.2) is 14.5 Å². The first-order valence-electron chi connectivity index (χ1n) is 15.7. The molecule has 0 fully saturated rings. The van der Waals surface area contributed by atoms with Gasteiger partial charge in [-0.1, -0.05) is 91.0 Å². The Labute approximate surface area is 271 Å². The zero-order valence-electron chi connectivity index (χ0n) is 24.9. The second-order valence-corrected chi connectivity index (χ2v) is 13.2. The summed E-state index contributed by atoms with van der Waals surface area (Å²) in [4.78, 5) is 11.7.